The summed E-state index contributed by atoms with van der Waals surface area (Å²) in [6, 6.07) is 15.9. The summed E-state index contributed by atoms with van der Waals surface area (Å²) in [6.07, 6.45) is 8.20. The second-order valence-corrected chi connectivity index (χ2v) is 9.68. The molecular formula is C28H26ClN5. The van der Waals surface area contributed by atoms with Gasteiger partial charge in [-0.15, -0.1) is 0 Å². The molecule has 0 bridgehead atoms. The standard InChI is InChI=1S/C28H26ClN5/c1-18-8-10-20(11-9-18)17-34-27-25(33-28(34)19(2)21-6-4-3-5-7-21)13-24(14-30)32-26(27)22-12-23(29)16-31-15-22/h3-7,12-13,15-16,18,20H,2,8-11,17H2,1H3/t18-,20-. The first-order valence-corrected chi connectivity index (χ1v) is 12.1. The Hall–Kier alpha value is -3.49. The van der Waals surface area contributed by atoms with E-state index < -0.39 is 0 Å². The van der Waals surface area contributed by atoms with E-state index in [4.69, 9.17) is 21.6 Å². The van der Waals surface area contributed by atoms with Crippen molar-refractivity contribution in [3.05, 3.63) is 83.5 Å². The molecule has 0 amide bonds. The van der Waals surface area contributed by atoms with Crippen molar-refractivity contribution in [1.29, 1.82) is 5.26 Å². The molecule has 0 unspecified atom stereocenters. The molecule has 1 aromatic carbocycles. The topological polar surface area (TPSA) is 67.4 Å². The van der Waals surface area contributed by atoms with Crippen LogP contribution in [0.25, 0.3) is 27.9 Å². The fourth-order valence-corrected chi connectivity index (χ4v) is 5.08. The van der Waals surface area contributed by atoms with Crippen LogP contribution >= 0.6 is 11.6 Å². The number of rotatable bonds is 5. The van der Waals surface area contributed by atoms with Crippen LogP contribution < -0.4 is 0 Å². The summed E-state index contributed by atoms with van der Waals surface area (Å²) < 4.78 is 2.26. The quantitative estimate of drug-likeness (QED) is 0.320. The van der Waals surface area contributed by atoms with Gasteiger partial charge in [0, 0.05) is 36.1 Å². The van der Waals surface area contributed by atoms with Crippen LogP contribution in [0, 0.1) is 23.2 Å². The van der Waals surface area contributed by atoms with Crippen LogP contribution in [0.1, 0.15) is 49.7 Å². The van der Waals surface area contributed by atoms with Crippen LogP contribution in [-0.4, -0.2) is 19.5 Å². The molecule has 0 saturated heterocycles. The van der Waals surface area contributed by atoms with E-state index in [1.165, 1.54) is 25.7 Å². The van der Waals surface area contributed by atoms with E-state index in [9.17, 15) is 5.26 Å². The van der Waals surface area contributed by atoms with Gasteiger partial charge in [-0.3, -0.25) is 4.98 Å². The van der Waals surface area contributed by atoms with Gasteiger partial charge in [0.1, 0.15) is 17.6 Å². The number of aromatic nitrogens is 4. The fraction of sp³-hybridized carbons (Fsp3) is 0.286. The molecule has 0 spiro atoms. The van der Waals surface area contributed by atoms with Crippen molar-refractivity contribution < 1.29 is 0 Å². The van der Waals surface area contributed by atoms with E-state index in [1.807, 2.05) is 24.3 Å². The lowest BCUT2D eigenvalue weighted by Gasteiger charge is -2.27. The molecule has 170 valence electrons. The van der Waals surface area contributed by atoms with Crippen LogP contribution in [0.15, 0.2) is 61.4 Å². The highest BCUT2D eigenvalue weighted by atomic mass is 35.5. The summed E-state index contributed by atoms with van der Waals surface area (Å²) in [5, 5.41) is 10.2. The molecule has 3 aromatic heterocycles. The van der Waals surface area contributed by atoms with E-state index in [0.29, 0.717) is 22.3 Å². The molecule has 0 aliphatic heterocycles. The smallest absolute Gasteiger partial charge is 0.143 e. The molecule has 0 radical (unpaired) electrons. The zero-order valence-corrected chi connectivity index (χ0v) is 20.0. The minimum Gasteiger partial charge on any atom is -0.322 e. The maximum Gasteiger partial charge on any atom is 0.143 e. The molecule has 5 rings (SSSR count). The molecule has 1 fully saturated rings. The van der Waals surface area contributed by atoms with Gasteiger partial charge in [-0.1, -0.05) is 68.3 Å². The molecule has 3 heterocycles. The number of halogens is 1. The first-order chi connectivity index (χ1) is 16.5. The Bertz CT molecular complexity index is 1390. The Kier molecular flexibility index (Phi) is 6.17. The predicted molar refractivity (Wildman–Crippen MR) is 136 cm³/mol. The van der Waals surface area contributed by atoms with E-state index in [1.54, 1.807) is 18.5 Å². The Morgan fingerprint density at radius 3 is 2.59 bits per heavy atom. The first-order valence-electron chi connectivity index (χ1n) is 11.7. The summed E-state index contributed by atoms with van der Waals surface area (Å²) >= 11 is 6.27. The normalized spacial score (nSPS) is 18.0. The number of nitriles is 1. The van der Waals surface area contributed by atoms with Crippen molar-refractivity contribution in [1.82, 2.24) is 19.5 Å². The number of fused-ring (bicyclic) bond motifs is 1. The zero-order valence-electron chi connectivity index (χ0n) is 19.2. The number of hydrogen-bond acceptors (Lipinski definition) is 4. The van der Waals surface area contributed by atoms with Crippen LogP contribution in [0.5, 0.6) is 0 Å². The Labute approximate surface area is 204 Å². The van der Waals surface area contributed by atoms with Crippen molar-refractivity contribution in [2.45, 2.75) is 39.2 Å². The lowest BCUT2D eigenvalue weighted by molar-refractivity contribution is 0.266. The molecule has 4 aromatic rings. The summed E-state index contributed by atoms with van der Waals surface area (Å²) in [5.41, 5.74) is 5.27. The monoisotopic (exact) mass is 467 g/mol. The first kappa shape index (κ1) is 22.3. The summed E-state index contributed by atoms with van der Waals surface area (Å²) in [7, 11) is 0. The van der Waals surface area contributed by atoms with Crippen molar-refractivity contribution in [3.63, 3.8) is 0 Å². The van der Waals surface area contributed by atoms with Gasteiger partial charge in [0.15, 0.2) is 0 Å². The number of imidazole rings is 1. The minimum absolute atomic E-state index is 0.315. The molecule has 5 nitrogen and oxygen atoms in total. The van der Waals surface area contributed by atoms with Gasteiger partial charge in [0.2, 0.25) is 0 Å². The average molecular weight is 468 g/mol. The fourth-order valence-electron chi connectivity index (χ4n) is 4.90. The second-order valence-electron chi connectivity index (χ2n) is 9.24. The van der Waals surface area contributed by atoms with E-state index in [0.717, 1.165) is 46.0 Å². The number of pyridine rings is 2. The average Bonchev–Trinajstić information content (AvgIpc) is 3.23. The molecule has 0 atom stereocenters. The largest absolute Gasteiger partial charge is 0.322 e. The van der Waals surface area contributed by atoms with Crippen LogP contribution in [-0.2, 0) is 6.54 Å². The summed E-state index contributed by atoms with van der Waals surface area (Å²) in [6.45, 7) is 7.58. The zero-order chi connectivity index (χ0) is 23.7. The molecule has 1 aliphatic rings. The Balaban J connectivity index is 1.73. The Morgan fingerprint density at radius 1 is 1.12 bits per heavy atom. The van der Waals surface area contributed by atoms with E-state index in [-0.39, 0.29) is 0 Å². The van der Waals surface area contributed by atoms with Gasteiger partial charge >= 0.3 is 0 Å². The molecule has 34 heavy (non-hydrogen) atoms. The lowest BCUT2D eigenvalue weighted by atomic mass is 9.83. The predicted octanol–water partition coefficient (Wildman–Crippen LogP) is 6.91. The van der Waals surface area contributed by atoms with Gasteiger partial charge in [-0.05, 0) is 36.3 Å². The second kappa shape index (κ2) is 9.40. The van der Waals surface area contributed by atoms with Crippen LogP contribution in [0.2, 0.25) is 5.02 Å². The van der Waals surface area contributed by atoms with E-state index in [2.05, 4.69) is 41.3 Å². The highest BCUT2D eigenvalue weighted by molar-refractivity contribution is 6.30. The lowest BCUT2D eigenvalue weighted by Crippen LogP contribution is -2.19. The third-order valence-corrected chi connectivity index (χ3v) is 6.99. The van der Waals surface area contributed by atoms with Crippen molar-refractivity contribution >= 4 is 28.2 Å². The van der Waals surface area contributed by atoms with Crippen LogP contribution in [0.3, 0.4) is 0 Å². The highest BCUT2D eigenvalue weighted by Crippen LogP contribution is 2.36. The molecule has 1 saturated carbocycles. The third-order valence-electron chi connectivity index (χ3n) is 6.79. The SMILES string of the molecule is C=C(c1ccccc1)c1nc2cc(C#N)nc(-c3cncc(Cl)c3)c2n1C[C@H]1CC[C@H](C)CC1. The van der Waals surface area contributed by atoms with Crippen molar-refractivity contribution in [2.24, 2.45) is 11.8 Å². The van der Waals surface area contributed by atoms with Gasteiger partial charge < -0.3 is 4.57 Å². The summed E-state index contributed by atoms with van der Waals surface area (Å²) in [4.78, 5) is 14.0. The van der Waals surface area contributed by atoms with E-state index >= 15 is 0 Å². The van der Waals surface area contributed by atoms with Gasteiger partial charge in [-0.2, -0.15) is 5.26 Å². The maximum atomic E-state index is 9.67. The maximum absolute atomic E-state index is 9.67. The minimum atomic E-state index is 0.315. The molecule has 6 heteroatoms. The van der Waals surface area contributed by atoms with Gasteiger partial charge in [0.25, 0.3) is 0 Å². The number of benzene rings is 1. The highest BCUT2D eigenvalue weighted by Gasteiger charge is 2.25. The summed E-state index contributed by atoms with van der Waals surface area (Å²) in [5.74, 6) is 2.15. The van der Waals surface area contributed by atoms with Gasteiger partial charge in [0.05, 0.1) is 21.7 Å². The van der Waals surface area contributed by atoms with Crippen molar-refractivity contribution in [2.75, 3.05) is 0 Å². The third kappa shape index (κ3) is 4.34. The van der Waals surface area contributed by atoms with Crippen molar-refractivity contribution in [3.8, 4) is 17.3 Å². The molecular weight excluding hydrogens is 442 g/mol. The molecule has 0 N–H and O–H groups in total. The Morgan fingerprint density at radius 2 is 1.88 bits per heavy atom. The number of hydrogen-bond donors (Lipinski definition) is 0. The molecule has 1 aliphatic carbocycles. The number of nitrogens with zero attached hydrogens (tertiary/aromatic N) is 5. The van der Waals surface area contributed by atoms with Gasteiger partial charge in [-0.25, -0.2) is 9.97 Å². The van der Waals surface area contributed by atoms with Crippen LogP contribution in [0.4, 0.5) is 0 Å².